The van der Waals surface area contributed by atoms with Crippen LogP contribution in [0.25, 0.3) is 11.1 Å². The highest BCUT2D eigenvalue weighted by atomic mass is 16.5. The van der Waals surface area contributed by atoms with E-state index in [1.165, 1.54) is 0 Å². The molecule has 3 heterocycles. The summed E-state index contributed by atoms with van der Waals surface area (Å²) in [4.78, 5) is 34.9. The average Bonchev–Trinajstić information content (AvgIpc) is 3.28. The number of aromatic nitrogens is 4. The molecule has 0 bridgehead atoms. The quantitative estimate of drug-likeness (QED) is 0.628. The summed E-state index contributed by atoms with van der Waals surface area (Å²) in [5.74, 6) is 1.24. The third-order valence-corrected chi connectivity index (χ3v) is 5.42. The molecule has 1 saturated heterocycles. The molecule has 0 unspecified atom stereocenters. The van der Waals surface area contributed by atoms with Crippen LogP contribution in [-0.2, 0) is 0 Å². The van der Waals surface area contributed by atoms with E-state index in [4.69, 9.17) is 9.72 Å². The van der Waals surface area contributed by atoms with E-state index < -0.39 is 0 Å². The molecule has 0 spiro atoms. The Kier molecular flexibility index (Phi) is 5.79. The van der Waals surface area contributed by atoms with Crippen LogP contribution in [0.15, 0.2) is 42.9 Å². The van der Waals surface area contributed by atoms with Crippen LogP contribution < -0.4 is 9.64 Å². The molecular weight excluding hydrogens is 392 g/mol. The van der Waals surface area contributed by atoms with Crippen LogP contribution in [0.1, 0.15) is 40.8 Å². The summed E-state index contributed by atoms with van der Waals surface area (Å²) in [6, 6.07) is 7.65. The van der Waals surface area contributed by atoms with Gasteiger partial charge in [0.1, 0.15) is 11.4 Å². The molecule has 4 rings (SSSR count). The highest BCUT2D eigenvalue weighted by Crippen LogP contribution is 2.38. The van der Waals surface area contributed by atoms with E-state index in [9.17, 15) is 4.79 Å². The van der Waals surface area contributed by atoms with Gasteiger partial charge in [0, 0.05) is 38.6 Å². The smallest absolute Gasteiger partial charge is 0.274 e. The minimum atomic E-state index is -0.168. The zero-order valence-corrected chi connectivity index (χ0v) is 18.2. The van der Waals surface area contributed by atoms with Crippen LogP contribution in [0.3, 0.4) is 0 Å². The van der Waals surface area contributed by atoms with Gasteiger partial charge in [0.15, 0.2) is 0 Å². The first-order valence-corrected chi connectivity index (χ1v) is 10.3. The first-order chi connectivity index (χ1) is 15.0. The number of anilines is 1. The predicted octanol–water partition coefficient (Wildman–Crippen LogP) is 3.29. The van der Waals surface area contributed by atoms with Crippen molar-refractivity contribution in [1.29, 1.82) is 0 Å². The van der Waals surface area contributed by atoms with Gasteiger partial charge in [-0.3, -0.25) is 9.78 Å². The highest BCUT2D eigenvalue weighted by Gasteiger charge is 2.34. The van der Waals surface area contributed by atoms with Crippen LogP contribution in [0.5, 0.6) is 5.75 Å². The van der Waals surface area contributed by atoms with Crippen LogP contribution >= 0.6 is 0 Å². The lowest BCUT2D eigenvalue weighted by Gasteiger charge is -2.26. The van der Waals surface area contributed by atoms with Crippen molar-refractivity contribution < 1.29 is 9.53 Å². The van der Waals surface area contributed by atoms with Gasteiger partial charge >= 0.3 is 0 Å². The Morgan fingerprint density at radius 3 is 2.71 bits per heavy atom. The molecule has 160 valence electrons. The summed E-state index contributed by atoms with van der Waals surface area (Å²) in [6.07, 6.45) is 6.72. The van der Waals surface area contributed by atoms with Crippen molar-refractivity contribution in [1.82, 2.24) is 24.8 Å². The van der Waals surface area contributed by atoms with Crippen molar-refractivity contribution in [3.8, 4) is 16.9 Å². The fraction of sp³-hybridized carbons (Fsp3) is 0.348. The van der Waals surface area contributed by atoms with E-state index in [1.54, 1.807) is 19.5 Å². The molecule has 31 heavy (non-hydrogen) atoms. The van der Waals surface area contributed by atoms with Crippen LogP contribution in [0, 0.1) is 6.92 Å². The van der Waals surface area contributed by atoms with Crippen molar-refractivity contribution in [2.24, 2.45) is 0 Å². The van der Waals surface area contributed by atoms with Crippen molar-refractivity contribution in [3.05, 3.63) is 59.9 Å². The average molecular weight is 419 g/mol. The molecule has 3 aromatic rings. The van der Waals surface area contributed by atoms with Crippen molar-refractivity contribution in [2.45, 2.75) is 25.8 Å². The molecule has 2 aromatic heterocycles. The van der Waals surface area contributed by atoms with Gasteiger partial charge in [0.05, 0.1) is 30.7 Å². The molecule has 1 aromatic carbocycles. The molecule has 0 N–H and O–H groups in total. The Hall–Kier alpha value is -3.55. The maximum absolute atomic E-state index is 13.3. The van der Waals surface area contributed by atoms with E-state index >= 15 is 0 Å². The summed E-state index contributed by atoms with van der Waals surface area (Å²) < 4.78 is 5.40. The lowest BCUT2D eigenvalue weighted by Crippen LogP contribution is -2.32. The Morgan fingerprint density at radius 2 is 2.00 bits per heavy atom. The third-order valence-electron chi connectivity index (χ3n) is 5.42. The maximum atomic E-state index is 13.3. The minimum absolute atomic E-state index is 0.128. The van der Waals surface area contributed by atoms with E-state index in [-0.39, 0.29) is 11.9 Å². The van der Waals surface area contributed by atoms with Gasteiger partial charge in [0.25, 0.3) is 5.91 Å². The second kappa shape index (κ2) is 8.67. The van der Waals surface area contributed by atoms with E-state index in [2.05, 4.69) is 15.0 Å². The molecule has 1 amide bonds. The number of likely N-dealkylation sites (tertiary alicyclic amines) is 1. The van der Waals surface area contributed by atoms with Gasteiger partial charge in [-0.1, -0.05) is 12.1 Å². The normalized spacial score (nSPS) is 15.7. The molecule has 8 heteroatoms. The van der Waals surface area contributed by atoms with Gasteiger partial charge in [-0.25, -0.2) is 15.0 Å². The van der Waals surface area contributed by atoms with E-state index in [0.717, 1.165) is 41.1 Å². The van der Waals surface area contributed by atoms with Gasteiger partial charge in [-0.15, -0.1) is 0 Å². The molecule has 1 atom stereocenters. The van der Waals surface area contributed by atoms with Crippen LogP contribution in [0.4, 0.5) is 5.95 Å². The molecule has 1 aliphatic rings. The Bertz CT molecular complexity index is 1080. The van der Waals surface area contributed by atoms with Crippen molar-refractivity contribution in [3.63, 3.8) is 0 Å². The standard InChI is InChI=1S/C23H26N6O2/c1-15-12-25-19(14-24-15)22(30)29-10-6-9-20(29)21-18(13-26-23(27-21)28(2)3)16-7-5-8-17(11-16)31-4/h5,7-8,11-14,20H,6,9-10H2,1-4H3/t20-/m0/s1. The number of hydrogen-bond donors (Lipinski definition) is 0. The van der Waals surface area contributed by atoms with Gasteiger partial charge in [0.2, 0.25) is 5.95 Å². The van der Waals surface area contributed by atoms with Gasteiger partial charge in [-0.05, 0) is 37.5 Å². The lowest BCUT2D eigenvalue weighted by molar-refractivity contribution is 0.0726. The molecule has 0 saturated carbocycles. The van der Waals surface area contributed by atoms with Gasteiger partial charge in [-0.2, -0.15) is 0 Å². The number of methoxy groups -OCH3 is 1. The molecular formula is C23H26N6O2. The number of rotatable bonds is 5. The topological polar surface area (TPSA) is 84.3 Å². The lowest BCUT2D eigenvalue weighted by atomic mass is 9.99. The fourth-order valence-corrected chi connectivity index (χ4v) is 3.81. The summed E-state index contributed by atoms with van der Waals surface area (Å²) in [7, 11) is 5.46. The fourth-order valence-electron chi connectivity index (χ4n) is 3.81. The minimum Gasteiger partial charge on any atom is -0.497 e. The second-order valence-electron chi connectivity index (χ2n) is 7.79. The second-order valence-corrected chi connectivity index (χ2v) is 7.79. The molecule has 1 fully saturated rings. The third kappa shape index (κ3) is 4.19. The number of benzene rings is 1. The Labute approximate surface area is 181 Å². The Balaban J connectivity index is 1.78. The molecule has 0 radical (unpaired) electrons. The maximum Gasteiger partial charge on any atom is 0.274 e. The number of ether oxygens (including phenoxy) is 1. The number of carbonyl (C=O) groups excluding carboxylic acids is 1. The number of carbonyl (C=O) groups is 1. The first kappa shape index (κ1) is 20.7. The van der Waals surface area contributed by atoms with Crippen LogP contribution in [-0.4, -0.2) is 58.5 Å². The summed E-state index contributed by atoms with van der Waals surface area (Å²) in [5.41, 5.74) is 3.81. The molecule has 1 aliphatic heterocycles. The Morgan fingerprint density at radius 1 is 1.16 bits per heavy atom. The SMILES string of the molecule is COc1cccc(-c2cnc(N(C)C)nc2[C@@H]2CCCN2C(=O)c2cnc(C)cn2)c1. The van der Waals surface area contributed by atoms with Crippen molar-refractivity contribution >= 4 is 11.9 Å². The summed E-state index contributed by atoms with van der Waals surface area (Å²) in [5, 5.41) is 0. The largest absolute Gasteiger partial charge is 0.497 e. The highest BCUT2D eigenvalue weighted by molar-refractivity contribution is 5.92. The zero-order chi connectivity index (χ0) is 22.0. The number of amides is 1. The number of nitrogens with zero attached hydrogens (tertiary/aromatic N) is 6. The predicted molar refractivity (Wildman–Crippen MR) is 118 cm³/mol. The zero-order valence-electron chi connectivity index (χ0n) is 18.2. The van der Waals surface area contributed by atoms with Gasteiger partial charge < -0.3 is 14.5 Å². The number of hydrogen-bond acceptors (Lipinski definition) is 7. The first-order valence-electron chi connectivity index (χ1n) is 10.3. The summed E-state index contributed by atoms with van der Waals surface area (Å²) >= 11 is 0. The van der Waals surface area contributed by atoms with E-state index in [0.29, 0.717) is 18.2 Å². The van der Waals surface area contributed by atoms with Crippen LogP contribution in [0.2, 0.25) is 0 Å². The number of aryl methyl sites for hydroxylation is 1. The summed E-state index contributed by atoms with van der Waals surface area (Å²) in [6.45, 7) is 2.50. The monoisotopic (exact) mass is 418 g/mol. The molecule has 8 nitrogen and oxygen atoms in total. The molecule has 0 aliphatic carbocycles. The van der Waals surface area contributed by atoms with Crippen molar-refractivity contribution in [2.75, 3.05) is 32.6 Å². The van der Waals surface area contributed by atoms with E-state index in [1.807, 2.05) is 61.3 Å².